The van der Waals surface area contributed by atoms with Gasteiger partial charge in [-0.25, -0.2) is 0 Å². The molecule has 1 unspecified atom stereocenters. The Labute approximate surface area is 149 Å². The average Bonchev–Trinajstić information content (AvgIpc) is 3.06. The van der Waals surface area contributed by atoms with Gasteiger partial charge in [-0.2, -0.15) is 0 Å². The summed E-state index contributed by atoms with van der Waals surface area (Å²) in [6.07, 6.45) is 2.13. The lowest BCUT2D eigenvalue weighted by molar-refractivity contribution is 0.350. The maximum atomic E-state index is 5.62. The molecule has 1 aliphatic rings. The summed E-state index contributed by atoms with van der Waals surface area (Å²) in [5, 5.41) is 5.86. The number of methoxy groups -OCH3 is 2. The third-order valence-corrected chi connectivity index (χ3v) is 5.95. The van der Waals surface area contributed by atoms with Crippen LogP contribution in [0.25, 0.3) is 0 Å². The molecule has 130 valence electrons. The van der Waals surface area contributed by atoms with Gasteiger partial charge in [-0.05, 0) is 60.0 Å². The quantitative estimate of drug-likeness (QED) is 0.879. The van der Waals surface area contributed by atoms with Crippen LogP contribution in [0.1, 0.15) is 36.3 Å². The molecule has 24 heavy (non-hydrogen) atoms. The van der Waals surface area contributed by atoms with Gasteiger partial charge in [-0.3, -0.25) is 0 Å². The van der Waals surface area contributed by atoms with E-state index < -0.39 is 0 Å². The maximum Gasteiger partial charge on any atom is 0.161 e. The van der Waals surface area contributed by atoms with Crippen LogP contribution in [0, 0.1) is 5.92 Å². The van der Waals surface area contributed by atoms with Crippen molar-refractivity contribution < 1.29 is 9.47 Å². The fourth-order valence-electron chi connectivity index (χ4n) is 3.94. The zero-order valence-electron chi connectivity index (χ0n) is 15.0. The summed E-state index contributed by atoms with van der Waals surface area (Å²) in [6.45, 7) is 6.57. The monoisotopic (exact) mass is 345 g/mol. The summed E-state index contributed by atoms with van der Waals surface area (Å²) in [4.78, 5) is 1.43. The molecule has 0 bridgehead atoms. The largest absolute Gasteiger partial charge is 0.493 e. The van der Waals surface area contributed by atoms with Crippen molar-refractivity contribution in [1.82, 2.24) is 5.32 Å². The van der Waals surface area contributed by atoms with Crippen LogP contribution in [-0.2, 0) is 11.8 Å². The molecule has 2 aromatic rings. The molecule has 0 radical (unpaired) electrons. The van der Waals surface area contributed by atoms with Crippen LogP contribution in [0.2, 0.25) is 0 Å². The molecular formula is C20H27NO2S. The molecule has 4 heteroatoms. The lowest BCUT2D eigenvalue weighted by Crippen LogP contribution is -2.38. The molecule has 2 heterocycles. The molecule has 0 aliphatic carbocycles. The topological polar surface area (TPSA) is 30.5 Å². The molecule has 0 saturated heterocycles. The molecule has 1 aromatic carbocycles. The molecule has 0 fully saturated rings. The summed E-state index contributed by atoms with van der Waals surface area (Å²) in [5.74, 6) is 2.25. The fraction of sp³-hybridized carbons (Fsp3) is 0.500. The number of rotatable bonds is 5. The van der Waals surface area contributed by atoms with Crippen molar-refractivity contribution in [2.24, 2.45) is 5.92 Å². The van der Waals surface area contributed by atoms with E-state index in [0.29, 0.717) is 5.92 Å². The predicted octanol–water partition coefficient (Wildman–Crippen LogP) is 4.24. The van der Waals surface area contributed by atoms with Crippen LogP contribution < -0.4 is 14.8 Å². The molecule has 1 atom stereocenters. The van der Waals surface area contributed by atoms with Crippen molar-refractivity contribution in [3.05, 3.63) is 45.6 Å². The Morgan fingerprint density at radius 2 is 1.96 bits per heavy atom. The minimum absolute atomic E-state index is 0.00623. The van der Waals surface area contributed by atoms with Gasteiger partial charge in [0, 0.05) is 16.8 Å². The summed E-state index contributed by atoms with van der Waals surface area (Å²) < 4.78 is 11.2. The van der Waals surface area contributed by atoms with Crippen LogP contribution in [-0.4, -0.2) is 27.3 Å². The summed E-state index contributed by atoms with van der Waals surface area (Å²) >= 11 is 1.85. The highest BCUT2D eigenvalue weighted by atomic mass is 32.1. The summed E-state index contributed by atoms with van der Waals surface area (Å²) in [6, 6.07) is 8.82. The van der Waals surface area contributed by atoms with Crippen LogP contribution in [0.5, 0.6) is 11.5 Å². The van der Waals surface area contributed by atoms with Gasteiger partial charge in [0.2, 0.25) is 0 Å². The van der Waals surface area contributed by atoms with E-state index in [1.165, 1.54) is 16.0 Å². The lowest BCUT2D eigenvalue weighted by Gasteiger charge is -2.36. The standard InChI is InChI=1S/C20H27NO2S/c1-14(2)12-20(19-6-5-9-24-19)13-21-8-7-15-10-17(22-3)18(23-4)11-16(15)20/h5-6,9-11,14,21H,7-8,12-13H2,1-4H3. The second kappa shape index (κ2) is 7.16. The van der Waals surface area contributed by atoms with Crippen LogP contribution in [0.15, 0.2) is 29.6 Å². The Morgan fingerprint density at radius 3 is 2.58 bits per heavy atom. The third-order valence-electron chi connectivity index (χ3n) is 4.87. The second-order valence-corrected chi connectivity index (χ2v) is 7.90. The summed E-state index contributed by atoms with van der Waals surface area (Å²) in [7, 11) is 3.42. The summed E-state index contributed by atoms with van der Waals surface area (Å²) in [5.41, 5.74) is 2.75. The Morgan fingerprint density at radius 1 is 1.21 bits per heavy atom. The number of hydrogen-bond donors (Lipinski definition) is 1. The molecule has 0 spiro atoms. The third kappa shape index (κ3) is 3.05. The van der Waals surface area contributed by atoms with Crippen molar-refractivity contribution in [1.29, 1.82) is 0 Å². The van der Waals surface area contributed by atoms with E-state index in [1.807, 2.05) is 11.3 Å². The molecule has 3 rings (SSSR count). The fourth-order valence-corrected chi connectivity index (χ4v) is 4.90. The average molecular weight is 346 g/mol. The Hall–Kier alpha value is -1.52. The zero-order chi connectivity index (χ0) is 17.2. The first kappa shape index (κ1) is 17.3. The Bertz CT molecular complexity index is 681. The van der Waals surface area contributed by atoms with Crippen molar-refractivity contribution >= 4 is 11.3 Å². The van der Waals surface area contributed by atoms with Gasteiger partial charge in [0.05, 0.1) is 14.2 Å². The smallest absolute Gasteiger partial charge is 0.161 e. The van der Waals surface area contributed by atoms with Gasteiger partial charge < -0.3 is 14.8 Å². The van der Waals surface area contributed by atoms with Crippen LogP contribution in [0.3, 0.4) is 0 Å². The zero-order valence-corrected chi connectivity index (χ0v) is 15.8. The number of thiophene rings is 1. The number of ether oxygens (including phenoxy) is 2. The molecule has 3 nitrogen and oxygen atoms in total. The van der Waals surface area contributed by atoms with E-state index in [9.17, 15) is 0 Å². The van der Waals surface area contributed by atoms with Gasteiger partial charge in [0.1, 0.15) is 0 Å². The Kier molecular flexibility index (Phi) is 5.16. The van der Waals surface area contributed by atoms with Crippen molar-refractivity contribution in [2.75, 3.05) is 27.3 Å². The van der Waals surface area contributed by atoms with E-state index in [0.717, 1.165) is 37.4 Å². The number of nitrogens with one attached hydrogen (secondary N) is 1. The van der Waals surface area contributed by atoms with Gasteiger partial charge in [-0.1, -0.05) is 19.9 Å². The number of benzene rings is 1. The molecular weight excluding hydrogens is 318 g/mol. The van der Waals surface area contributed by atoms with Crippen molar-refractivity contribution in [2.45, 2.75) is 32.1 Å². The maximum absolute atomic E-state index is 5.62. The first-order valence-corrected chi connectivity index (χ1v) is 9.48. The van der Waals surface area contributed by atoms with Gasteiger partial charge in [0.25, 0.3) is 0 Å². The SMILES string of the molecule is COc1cc2c(cc1OC)C(CC(C)C)(c1cccs1)CNCC2. The molecule has 1 aromatic heterocycles. The second-order valence-electron chi connectivity index (χ2n) is 6.95. The first-order chi connectivity index (χ1) is 11.6. The lowest BCUT2D eigenvalue weighted by atomic mass is 9.71. The normalized spacial score (nSPS) is 20.5. The van der Waals surface area contributed by atoms with E-state index in [1.54, 1.807) is 14.2 Å². The first-order valence-electron chi connectivity index (χ1n) is 8.61. The predicted molar refractivity (Wildman–Crippen MR) is 101 cm³/mol. The number of hydrogen-bond acceptors (Lipinski definition) is 4. The van der Waals surface area contributed by atoms with Crippen molar-refractivity contribution in [3.8, 4) is 11.5 Å². The van der Waals surface area contributed by atoms with E-state index in [-0.39, 0.29) is 5.41 Å². The minimum Gasteiger partial charge on any atom is -0.493 e. The highest BCUT2D eigenvalue weighted by molar-refractivity contribution is 7.10. The van der Waals surface area contributed by atoms with Crippen LogP contribution >= 0.6 is 11.3 Å². The molecule has 0 saturated carbocycles. The number of fused-ring (bicyclic) bond motifs is 1. The van der Waals surface area contributed by atoms with Crippen molar-refractivity contribution in [3.63, 3.8) is 0 Å². The molecule has 1 N–H and O–H groups in total. The highest BCUT2D eigenvalue weighted by Crippen LogP contribution is 2.45. The Balaban J connectivity index is 2.24. The highest BCUT2D eigenvalue weighted by Gasteiger charge is 2.39. The molecule has 1 aliphatic heterocycles. The van der Waals surface area contributed by atoms with Gasteiger partial charge in [0.15, 0.2) is 11.5 Å². The van der Waals surface area contributed by atoms with E-state index >= 15 is 0 Å². The van der Waals surface area contributed by atoms with E-state index in [2.05, 4.69) is 48.8 Å². The van der Waals surface area contributed by atoms with Crippen LogP contribution in [0.4, 0.5) is 0 Å². The van der Waals surface area contributed by atoms with Gasteiger partial charge in [-0.15, -0.1) is 11.3 Å². The minimum atomic E-state index is -0.00623. The van der Waals surface area contributed by atoms with Gasteiger partial charge >= 0.3 is 0 Å². The van der Waals surface area contributed by atoms with E-state index in [4.69, 9.17) is 9.47 Å². The molecule has 0 amide bonds.